The number of likely N-dealkylation sites (N-methyl/N-ethyl adjacent to an activating group) is 1. The average Bonchev–Trinajstić information content (AvgIpc) is 2.41. The van der Waals surface area contributed by atoms with Crippen molar-refractivity contribution in [1.82, 2.24) is 4.98 Å². The molecule has 0 fully saturated rings. The van der Waals surface area contributed by atoms with Crippen LogP contribution in [0, 0.1) is 6.92 Å². The molecule has 1 amide bonds. The number of nitrogens with two attached hydrogens (primary N) is 1. The zero-order valence-electron chi connectivity index (χ0n) is 9.12. The van der Waals surface area contributed by atoms with Crippen LogP contribution >= 0.6 is 11.3 Å². The number of nitrogens with zero attached hydrogens (tertiary/aromatic N) is 2. The van der Waals surface area contributed by atoms with Gasteiger partial charge in [-0.3, -0.25) is 4.79 Å². The number of primary amides is 1. The summed E-state index contributed by atoms with van der Waals surface area (Å²) in [6, 6.07) is 0. The highest BCUT2D eigenvalue weighted by Crippen LogP contribution is 2.27. The maximum atomic E-state index is 11.0. The quantitative estimate of drug-likeness (QED) is 0.744. The van der Waals surface area contributed by atoms with E-state index in [0.29, 0.717) is 11.0 Å². The Kier molecular flexibility index (Phi) is 2.52. The van der Waals surface area contributed by atoms with Gasteiger partial charge in [0.2, 0.25) is 0 Å². The number of hydrogen-bond donors (Lipinski definition) is 1. The SMILES string of the molecule is Cc1nc2c(s1)CC[N+](C)(CC(N)=O)C2. The summed E-state index contributed by atoms with van der Waals surface area (Å²) in [7, 11) is 2.07. The lowest BCUT2D eigenvalue weighted by Gasteiger charge is -2.35. The van der Waals surface area contributed by atoms with Gasteiger partial charge in [-0.15, -0.1) is 11.3 Å². The molecule has 82 valence electrons. The van der Waals surface area contributed by atoms with Gasteiger partial charge in [-0.2, -0.15) is 0 Å². The fraction of sp³-hybridized carbons (Fsp3) is 0.600. The molecule has 1 aromatic heterocycles. The number of aromatic nitrogens is 1. The Morgan fingerprint density at radius 3 is 3.07 bits per heavy atom. The van der Waals surface area contributed by atoms with Crippen LogP contribution in [0.4, 0.5) is 0 Å². The summed E-state index contributed by atoms with van der Waals surface area (Å²) < 4.78 is 0.700. The topological polar surface area (TPSA) is 56.0 Å². The van der Waals surface area contributed by atoms with E-state index in [-0.39, 0.29) is 5.91 Å². The molecule has 2 heterocycles. The highest BCUT2D eigenvalue weighted by Gasteiger charge is 2.32. The molecule has 1 atom stereocenters. The van der Waals surface area contributed by atoms with Crippen molar-refractivity contribution < 1.29 is 9.28 Å². The van der Waals surface area contributed by atoms with Crippen molar-refractivity contribution in [1.29, 1.82) is 0 Å². The third-order valence-electron chi connectivity index (χ3n) is 2.83. The van der Waals surface area contributed by atoms with Crippen molar-refractivity contribution in [3.63, 3.8) is 0 Å². The summed E-state index contributed by atoms with van der Waals surface area (Å²) in [5.41, 5.74) is 6.42. The summed E-state index contributed by atoms with van der Waals surface area (Å²) in [6.07, 6.45) is 1.02. The van der Waals surface area contributed by atoms with E-state index < -0.39 is 0 Å². The van der Waals surface area contributed by atoms with Crippen LogP contribution in [-0.4, -0.2) is 35.5 Å². The molecule has 5 heteroatoms. The molecule has 0 saturated heterocycles. The molecule has 1 aliphatic rings. The number of fused-ring (bicyclic) bond motifs is 1. The van der Waals surface area contributed by atoms with Gasteiger partial charge in [-0.05, 0) is 6.92 Å². The molecule has 1 unspecified atom stereocenters. The molecule has 2 N–H and O–H groups in total. The summed E-state index contributed by atoms with van der Waals surface area (Å²) in [5, 5.41) is 1.12. The first-order valence-corrected chi connectivity index (χ1v) is 5.87. The van der Waals surface area contributed by atoms with Crippen LogP contribution in [0.15, 0.2) is 0 Å². The van der Waals surface area contributed by atoms with E-state index in [1.54, 1.807) is 11.3 Å². The highest BCUT2D eigenvalue weighted by atomic mass is 32.1. The van der Waals surface area contributed by atoms with Crippen molar-refractivity contribution >= 4 is 17.2 Å². The molecular weight excluding hydrogens is 210 g/mol. The van der Waals surface area contributed by atoms with E-state index in [1.165, 1.54) is 4.88 Å². The van der Waals surface area contributed by atoms with E-state index in [0.717, 1.165) is 30.2 Å². The Morgan fingerprint density at radius 2 is 2.40 bits per heavy atom. The van der Waals surface area contributed by atoms with E-state index >= 15 is 0 Å². The van der Waals surface area contributed by atoms with Crippen molar-refractivity contribution in [2.75, 3.05) is 20.1 Å². The highest BCUT2D eigenvalue weighted by molar-refractivity contribution is 7.11. The average molecular weight is 226 g/mol. The van der Waals surface area contributed by atoms with Gasteiger partial charge < -0.3 is 10.2 Å². The van der Waals surface area contributed by atoms with E-state index in [9.17, 15) is 4.79 Å². The van der Waals surface area contributed by atoms with E-state index in [4.69, 9.17) is 5.73 Å². The Bertz CT molecular complexity index is 401. The number of hydrogen-bond acceptors (Lipinski definition) is 3. The molecule has 0 spiro atoms. The van der Waals surface area contributed by atoms with Crippen LogP contribution in [0.2, 0.25) is 0 Å². The first kappa shape index (κ1) is 10.6. The number of thiazole rings is 1. The second-order valence-electron chi connectivity index (χ2n) is 4.48. The van der Waals surface area contributed by atoms with Gasteiger partial charge >= 0.3 is 0 Å². The lowest BCUT2D eigenvalue weighted by Crippen LogP contribution is -2.51. The van der Waals surface area contributed by atoms with Crippen LogP contribution in [0.3, 0.4) is 0 Å². The van der Waals surface area contributed by atoms with Crippen molar-refractivity contribution in [3.05, 3.63) is 15.6 Å². The van der Waals surface area contributed by atoms with Crippen molar-refractivity contribution in [2.45, 2.75) is 19.9 Å². The monoisotopic (exact) mass is 226 g/mol. The van der Waals surface area contributed by atoms with Crippen molar-refractivity contribution in [2.24, 2.45) is 5.73 Å². The zero-order chi connectivity index (χ0) is 11.1. The number of amides is 1. The second kappa shape index (κ2) is 3.57. The summed E-state index contributed by atoms with van der Waals surface area (Å²) in [6.45, 7) is 4.26. The fourth-order valence-corrected chi connectivity index (χ4v) is 3.09. The molecule has 2 rings (SSSR count). The molecule has 0 radical (unpaired) electrons. The predicted molar refractivity (Wildman–Crippen MR) is 59.4 cm³/mol. The number of carbonyl (C=O) groups is 1. The molecule has 0 aromatic carbocycles. The molecule has 15 heavy (non-hydrogen) atoms. The second-order valence-corrected chi connectivity index (χ2v) is 5.77. The van der Waals surface area contributed by atoms with Crippen LogP contribution in [0.1, 0.15) is 15.6 Å². The van der Waals surface area contributed by atoms with Gasteiger partial charge in [0.15, 0.2) is 6.54 Å². The van der Waals surface area contributed by atoms with Gasteiger partial charge in [-0.25, -0.2) is 4.98 Å². The van der Waals surface area contributed by atoms with Gasteiger partial charge in [0, 0.05) is 11.3 Å². The molecular formula is C10H16N3OS+. The minimum Gasteiger partial charge on any atom is -0.365 e. The van der Waals surface area contributed by atoms with E-state index in [1.807, 2.05) is 6.92 Å². The molecule has 1 aliphatic heterocycles. The smallest absolute Gasteiger partial charge is 0.272 e. The first-order chi connectivity index (χ1) is 6.98. The Balaban J connectivity index is 2.20. The summed E-state index contributed by atoms with van der Waals surface area (Å²) in [4.78, 5) is 16.9. The Hall–Kier alpha value is -0.940. The fourth-order valence-electron chi connectivity index (χ4n) is 2.15. The molecule has 0 bridgehead atoms. The normalized spacial score (nSPS) is 24.9. The Morgan fingerprint density at radius 1 is 1.67 bits per heavy atom. The van der Waals surface area contributed by atoms with Crippen molar-refractivity contribution in [3.8, 4) is 0 Å². The minimum absolute atomic E-state index is 0.229. The molecule has 4 nitrogen and oxygen atoms in total. The number of quaternary nitrogens is 1. The van der Waals surface area contributed by atoms with Crippen LogP contribution < -0.4 is 5.73 Å². The number of rotatable bonds is 2. The first-order valence-electron chi connectivity index (χ1n) is 5.05. The zero-order valence-corrected chi connectivity index (χ0v) is 9.93. The largest absolute Gasteiger partial charge is 0.365 e. The maximum absolute atomic E-state index is 11.0. The van der Waals surface area contributed by atoms with Gasteiger partial charge in [0.1, 0.15) is 12.2 Å². The van der Waals surface area contributed by atoms with Crippen LogP contribution in [0.25, 0.3) is 0 Å². The third kappa shape index (κ3) is 2.18. The van der Waals surface area contributed by atoms with Crippen LogP contribution in [-0.2, 0) is 17.8 Å². The number of aryl methyl sites for hydroxylation is 1. The van der Waals surface area contributed by atoms with E-state index in [2.05, 4.69) is 12.0 Å². The minimum atomic E-state index is -0.229. The molecule has 0 saturated carbocycles. The molecule has 0 aliphatic carbocycles. The third-order valence-corrected chi connectivity index (χ3v) is 3.91. The number of carbonyl (C=O) groups excluding carboxylic acids is 1. The Labute approximate surface area is 93.3 Å². The maximum Gasteiger partial charge on any atom is 0.272 e. The summed E-state index contributed by atoms with van der Waals surface area (Å²) >= 11 is 1.77. The lowest BCUT2D eigenvalue weighted by atomic mass is 10.1. The van der Waals surface area contributed by atoms with Gasteiger partial charge in [0.25, 0.3) is 5.91 Å². The predicted octanol–water partition coefficient (Wildman–Crippen LogP) is 0.440. The van der Waals surface area contributed by atoms with Gasteiger partial charge in [0.05, 0.1) is 18.6 Å². The van der Waals surface area contributed by atoms with Gasteiger partial charge in [-0.1, -0.05) is 0 Å². The standard InChI is InChI=1S/C10H15N3OS/c1-7-12-8-5-13(2,6-10(11)14)4-3-9(8)15-7/h3-6H2,1-2H3,(H-,11,14)/p+1. The lowest BCUT2D eigenvalue weighted by molar-refractivity contribution is -0.917. The van der Waals surface area contributed by atoms with Crippen LogP contribution in [0.5, 0.6) is 0 Å². The summed E-state index contributed by atoms with van der Waals surface area (Å²) in [5.74, 6) is -0.229. The molecule has 1 aromatic rings.